The summed E-state index contributed by atoms with van der Waals surface area (Å²) < 4.78 is 36.9. The van der Waals surface area contributed by atoms with Crippen LogP contribution in [0.25, 0.3) is 5.52 Å². The van der Waals surface area contributed by atoms with Gasteiger partial charge in [0.2, 0.25) is 5.60 Å². The van der Waals surface area contributed by atoms with E-state index in [1.807, 2.05) is 0 Å². The van der Waals surface area contributed by atoms with E-state index in [4.69, 9.17) is 24.3 Å². The van der Waals surface area contributed by atoms with Crippen LogP contribution in [0.15, 0.2) is 42.7 Å². The van der Waals surface area contributed by atoms with Gasteiger partial charge in [0.15, 0.2) is 5.82 Å². The fourth-order valence-electron chi connectivity index (χ4n) is 7.15. The van der Waals surface area contributed by atoms with Crippen LogP contribution in [0.5, 0.6) is 5.75 Å². The van der Waals surface area contributed by atoms with Gasteiger partial charge in [-0.1, -0.05) is 122 Å². The Morgan fingerprint density at radius 1 is 0.911 bits per heavy atom. The minimum atomic E-state index is -4.82. The highest BCUT2D eigenvalue weighted by molar-refractivity contribution is 7.47. The number of nitriles is 2. The van der Waals surface area contributed by atoms with E-state index in [0.717, 1.165) is 25.7 Å². The molecular formula is C41H61N6O8P. The first kappa shape index (κ1) is 45.1. The molecule has 15 heteroatoms. The number of rotatable bonds is 28. The van der Waals surface area contributed by atoms with Gasteiger partial charge < -0.3 is 30.3 Å². The Labute approximate surface area is 331 Å². The van der Waals surface area contributed by atoms with Gasteiger partial charge in [-0.2, -0.15) is 15.6 Å². The standard InChI is InChI=1S/C41H61N6O8P/c1-2-3-4-5-6-7-8-9-10-11-12-13-14-15-16-17-18-19-22-34(54-33-23-20-21-32(26-33)27-42)28-52-56(50,51)53-30-41(29-43)39(49)37(48)38(55-41)35-24-25-36-40(44)45-31-46-47(35)36/h20-21,23-26,31,34,37-39,48-49H,2-19,22,28,30H2,1H3,(H,50,51)(H2,44,45,46)/t34-,37+,38+,39+,41-/m1/s1. The number of benzene rings is 1. The maximum absolute atomic E-state index is 13.1. The van der Waals surface area contributed by atoms with Crippen LogP contribution >= 0.6 is 7.82 Å². The van der Waals surface area contributed by atoms with Gasteiger partial charge >= 0.3 is 7.82 Å². The topological polar surface area (TPSA) is 218 Å². The van der Waals surface area contributed by atoms with E-state index in [1.165, 1.54) is 101 Å². The Balaban J connectivity index is 1.19. The zero-order valence-electron chi connectivity index (χ0n) is 32.8. The molecule has 0 bridgehead atoms. The van der Waals surface area contributed by atoms with Crippen LogP contribution in [-0.2, 0) is 18.3 Å². The Bertz CT molecular complexity index is 1750. The molecule has 14 nitrogen and oxygen atoms in total. The smallest absolute Gasteiger partial charge is 0.472 e. The summed E-state index contributed by atoms with van der Waals surface area (Å²) in [6.07, 6.45) is 19.1. The molecule has 0 aliphatic carbocycles. The third-order valence-electron chi connectivity index (χ3n) is 10.5. The van der Waals surface area contributed by atoms with E-state index >= 15 is 0 Å². The van der Waals surface area contributed by atoms with E-state index in [2.05, 4.69) is 23.1 Å². The van der Waals surface area contributed by atoms with Gasteiger partial charge in [-0.25, -0.2) is 14.1 Å². The van der Waals surface area contributed by atoms with Crippen molar-refractivity contribution >= 4 is 19.2 Å². The fraction of sp³-hybridized carbons (Fsp3) is 0.659. The highest BCUT2D eigenvalue weighted by Crippen LogP contribution is 2.48. The molecule has 308 valence electrons. The average molecular weight is 797 g/mol. The van der Waals surface area contributed by atoms with Gasteiger partial charge in [-0.15, -0.1) is 0 Å². The number of nitrogens with two attached hydrogens (primary N) is 1. The van der Waals surface area contributed by atoms with Crippen LogP contribution in [0.2, 0.25) is 0 Å². The van der Waals surface area contributed by atoms with Gasteiger partial charge in [0, 0.05) is 0 Å². The second-order valence-corrected chi connectivity index (χ2v) is 16.3. The summed E-state index contributed by atoms with van der Waals surface area (Å²) in [5.41, 5.74) is 4.81. The Morgan fingerprint density at radius 3 is 2.11 bits per heavy atom. The van der Waals surface area contributed by atoms with Gasteiger partial charge in [0.05, 0.1) is 23.9 Å². The first-order valence-corrected chi connectivity index (χ1v) is 21.9. The molecule has 1 aliphatic heterocycles. The van der Waals surface area contributed by atoms with Crippen LogP contribution in [0.3, 0.4) is 0 Å². The van der Waals surface area contributed by atoms with E-state index in [1.54, 1.807) is 42.5 Å². The highest BCUT2D eigenvalue weighted by atomic mass is 31.2. The molecule has 0 radical (unpaired) electrons. The van der Waals surface area contributed by atoms with Crippen molar-refractivity contribution in [3.63, 3.8) is 0 Å². The number of anilines is 1. The van der Waals surface area contributed by atoms with Crippen molar-refractivity contribution in [2.45, 2.75) is 159 Å². The normalized spacial score (nSPS) is 21.1. The van der Waals surface area contributed by atoms with Crippen LogP contribution in [0, 0.1) is 22.7 Å². The minimum absolute atomic E-state index is 0.174. The summed E-state index contributed by atoms with van der Waals surface area (Å²) in [5, 5.41) is 45.3. The molecule has 1 saturated heterocycles. The van der Waals surface area contributed by atoms with Crippen LogP contribution in [-0.4, -0.2) is 66.8 Å². The molecule has 3 aromatic rings. The molecule has 5 N–H and O–H groups in total. The molecule has 0 saturated carbocycles. The minimum Gasteiger partial charge on any atom is -0.488 e. The Morgan fingerprint density at radius 2 is 1.52 bits per heavy atom. The molecule has 0 amide bonds. The van der Waals surface area contributed by atoms with Crippen molar-refractivity contribution in [1.29, 1.82) is 10.5 Å². The van der Waals surface area contributed by atoms with Crippen LogP contribution in [0.4, 0.5) is 5.82 Å². The number of aromatic nitrogens is 3. The largest absolute Gasteiger partial charge is 0.488 e. The monoisotopic (exact) mass is 796 g/mol. The molecule has 1 fully saturated rings. The zero-order valence-corrected chi connectivity index (χ0v) is 33.7. The molecule has 2 aromatic heterocycles. The first-order chi connectivity index (χ1) is 27.1. The molecule has 3 heterocycles. The molecule has 6 atom stereocenters. The van der Waals surface area contributed by atoms with Gasteiger partial charge in [-0.05, 0) is 43.2 Å². The Kier molecular flexibility index (Phi) is 19.0. The first-order valence-electron chi connectivity index (χ1n) is 20.4. The summed E-state index contributed by atoms with van der Waals surface area (Å²) in [4.78, 5) is 14.6. The number of ether oxygens (including phenoxy) is 2. The van der Waals surface area contributed by atoms with Crippen LogP contribution < -0.4 is 10.5 Å². The van der Waals surface area contributed by atoms with E-state index in [-0.39, 0.29) is 18.1 Å². The van der Waals surface area contributed by atoms with Crippen molar-refractivity contribution in [2.75, 3.05) is 18.9 Å². The van der Waals surface area contributed by atoms with Crippen molar-refractivity contribution in [2.24, 2.45) is 0 Å². The summed E-state index contributed by atoms with van der Waals surface area (Å²) in [6.45, 7) is 1.05. The number of nitrogens with zero attached hydrogens (tertiary/aromatic N) is 5. The van der Waals surface area contributed by atoms with Crippen molar-refractivity contribution < 1.29 is 38.2 Å². The number of hydrogen-bond donors (Lipinski definition) is 4. The van der Waals surface area contributed by atoms with Crippen LogP contribution in [0.1, 0.15) is 146 Å². The summed E-state index contributed by atoms with van der Waals surface area (Å²) >= 11 is 0. The number of unbranched alkanes of at least 4 members (excludes halogenated alkanes) is 17. The van der Waals surface area contributed by atoms with E-state index < -0.39 is 44.4 Å². The number of aliphatic hydroxyl groups excluding tert-OH is 2. The predicted octanol–water partition coefficient (Wildman–Crippen LogP) is 8.25. The molecule has 0 spiro atoms. The summed E-state index contributed by atoms with van der Waals surface area (Å²) in [7, 11) is -4.82. The lowest BCUT2D eigenvalue weighted by Crippen LogP contribution is -2.45. The quantitative estimate of drug-likeness (QED) is 0.0402. The van der Waals surface area contributed by atoms with Gasteiger partial charge in [-0.3, -0.25) is 9.05 Å². The summed E-state index contributed by atoms with van der Waals surface area (Å²) in [6, 6.07) is 13.7. The number of phosphoric acid groups is 1. The van der Waals surface area contributed by atoms with E-state index in [0.29, 0.717) is 23.3 Å². The number of phosphoric ester groups is 1. The second-order valence-electron chi connectivity index (χ2n) is 14.9. The third-order valence-corrected chi connectivity index (χ3v) is 11.4. The predicted molar refractivity (Wildman–Crippen MR) is 212 cm³/mol. The zero-order chi connectivity index (χ0) is 40.2. The maximum Gasteiger partial charge on any atom is 0.472 e. The fourth-order valence-corrected chi connectivity index (χ4v) is 7.93. The number of aliphatic hydroxyl groups is 2. The molecular weight excluding hydrogens is 735 g/mol. The average Bonchev–Trinajstić information content (AvgIpc) is 3.74. The second kappa shape index (κ2) is 23.6. The maximum atomic E-state index is 13.1. The highest BCUT2D eigenvalue weighted by Gasteiger charge is 2.57. The SMILES string of the molecule is CCCCCCCCCCCCCCCCCCCC[C@H](COP(=O)(O)OC[C@@]1(C#N)O[C@@H](c2ccc3c(N)ncnn23)[C@H](O)[C@@H]1O)Oc1cccc(C#N)c1. The number of fused-ring (bicyclic) bond motifs is 1. The third kappa shape index (κ3) is 13.8. The lowest BCUT2D eigenvalue weighted by molar-refractivity contribution is -0.0750. The molecule has 1 aromatic carbocycles. The number of nitrogen functional groups attached to an aromatic ring is 1. The summed E-state index contributed by atoms with van der Waals surface area (Å²) in [5.74, 6) is 0.595. The van der Waals surface area contributed by atoms with Crippen molar-refractivity contribution in [1.82, 2.24) is 14.6 Å². The van der Waals surface area contributed by atoms with Crippen molar-refractivity contribution in [3.8, 4) is 17.9 Å². The Hall–Kier alpha value is -3.59. The van der Waals surface area contributed by atoms with Gasteiger partial charge in [0.25, 0.3) is 0 Å². The van der Waals surface area contributed by atoms with Gasteiger partial charge in [0.1, 0.15) is 54.7 Å². The molecule has 1 unspecified atom stereocenters. The van der Waals surface area contributed by atoms with Crippen molar-refractivity contribution in [3.05, 3.63) is 54.0 Å². The lowest BCUT2D eigenvalue weighted by Gasteiger charge is -2.26. The van der Waals surface area contributed by atoms with E-state index in [9.17, 15) is 30.2 Å². The molecule has 1 aliphatic rings. The molecule has 56 heavy (non-hydrogen) atoms. The molecule has 4 rings (SSSR count). The lowest BCUT2D eigenvalue weighted by atomic mass is 9.96. The number of hydrogen-bond acceptors (Lipinski definition) is 12.